The van der Waals surface area contributed by atoms with Crippen molar-refractivity contribution >= 4 is 93.4 Å². The molecular formula is C55H71N9O11P2S2Si2. The second-order valence-corrected chi connectivity index (χ2v) is 39.4. The van der Waals surface area contributed by atoms with Gasteiger partial charge in [-0.3, -0.25) is 23.6 Å². The van der Waals surface area contributed by atoms with Gasteiger partial charge in [0.05, 0.1) is 55.3 Å². The van der Waals surface area contributed by atoms with Crippen molar-refractivity contribution in [3.63, 3.8) is 0 Å². The van der Waals surface area contributed by atoms with Gasteiger partial charge in [-0.15, -0.1) is 0 Å². The van der Waals surface area contributed by atoms with E-state index in [-0.39, 0.29) is 54.6 Å². The fourth-order valence-corrected chi connectivity index (χ4v) is 16.7. The predicted molar refractivity (Wildman–Crippen MR) is 319 cm³/mol. The molecule has 2 saturated heterocycles. The van der Waals surface area contributed by atoms with E-state index in [1.54, 1.807) is 52.2 Å². The van der Waals surface area contributed by atoms with E-state index in [9.17, 15) is 14.5 Å². The minimum absolute atomic E-state index is 0.0298. The van der Waals surface area contributed by atoms with Crippen molar-refractivity contribution in [3.05, 3.63) is 120 Å². The summed E-state index contributed by atoms with van der Waals surface area (Å²) in [6.45, 7) is 20.8. The van der Waals surface area contributed by atoms with Crippen LogP contribution in [0.25, 0.3) is 27.0 Å². The number of nitrogens with zero attached hydrogens (tertiary/aromatic N) is 9. The molecule has 1 N–H and O–H groups in total. The number of aromatic nitrogens is 7. The lowest BCUT2D eigenvalue weighted by molar-refractivity contribution is -0.0546. The minimum Gasteiger partial charge on any atom is -0.409 e. The molecule has 4 aliphatic rings. The van der Waals surface area contributed by atoms with Crippen LogP contribution in [0.4, 0.5) is 5.82 Å². The molecule has 1 saturated carbocycles. The molecule has 10 rings (SSSR count). The summed E-state index contributed by atoms with van der Waals surface area (Å²) in [6, 6.07) is 17.7. The summed E-state index contributed by atoms with van der Waals surface area (Å²) in [6.07, 6.45) is 2.37. The Bertz CT molecular complexity index is 3450. The third-order valence-electron chi connectivity index (χ3n) is 16.8. The molecule has 26 heteroatoms. The number of Topliss-reactive ketones (excluding diaryl/α,β-unsaturated/α-hetero) is 1. The topological polar surface area (TPSA) is 210 Å². The molecule has 20 nitrogen and oxygen atoms in total. The van der Waals surface area contributed by atoms with Crippen molar-refractivity contribution in [3.8, 4) is 0 Å². The number of carbonyl (C=O) groups is 2. The van der Waals surface area contributed by atoms with Gasteiger partial charge in [-0.1, -0.05) is 90.1 Å². The van der Waals surface area contributed by atoms with Crippen molar-refractivity contribution in [2.24, 2.45) is 5.92 Å². The molecule has 7 heterocycles. The summed E-state index contributed by atoms with van der Waals surface area (Å²) in [5.41, 5.74) is 3.81. The number of fused-ring (bicyclic) bond motifs is 4. The molecule has 4 aromatic heterocycles. The molecule has 1 aliphatic carbocycles. The van der Waals surface area contributed by atoms with E-state index < -0.39 is 78.8 Å². The van der Waals surface area contributed by atoms with Crippen LogP contribution in [0, 0.1) is 12.5 Å². The smallest absolute Gasteiger partial charge is 0.327 e. The normalized spacial score (nSPS) is 27.7. The highest BCUT2D eigenvalue weighted by Gasteiger charge is 2.57. The minimum atomic E-state index is -4.23. The van der Waals surface area contributed by atoms with E-state index in [0.29, 0.717) is 65.3 Å². The van der Waals surface area contributed by atoms with Crippen molar-refractivity contribution in [2.75, 3.05) is 37.8 Å². The van der Waals surface area contributed by atoms with Crippen molar-refractivity contribution < 1.29 is 50.7 Å². The Morgan fingerprint density at radius 2 is 1.47 bits per heavy atom. The fourth-order valence-electron chi connectivity index (χ4n) is 10.5. The average molecular weight is 1220 g/mol. The number of hydrogen-bond acceptors (Lipinski definition) is 17. The highest BCUT2D eigenvalue weighted by Crippen LogP contribution is 2.59. The van der Waals surface area contributed by atoms with Gasteiger partial charge >= 0.3 is 13.4 Å². The van der Waals surface area contributed by atoms with Gasteiger partial charge in [-0.05, 0) is 96.8 Å². The average Bonchev–Trinajstić information content (AvgIpc) is 4.23. The van der Waals surface area contributed by atoms with Crippen LogP contribution in [0.2, 0.25) is 36.3 Å². The van der Waals surface area contributed by atoms with Gasteiger partial charge in [0, 0.05) is 29.8 Å². The van der Waals surface area contributed by atoms with E-state index in [0.717, 1.165) is 10.9 Å². The largest absolute Gasteiger partial charge is 0.409 e. The first-order valence-electron chi connectivity index (χ1n) is 27.3. The lowest BCUT2D eigenvalue weighted by Crippen LogP contribution is -2.50. The molecule has 1 amide bonds. The molecule has 432 valence electrons. The van der Waals surface area contributed by atoms with Crippen LogP contribution in [0.1, 0.15) is 98.6 Å². The maximum Gasteiger partial charge on any atom is 0.327 e. The monoisotopic (exact) mass is 1220 g/mol. The van der Waals surface area contributed by atoms with Crippen LogP contribution >= 0.6 is 13.4 Å². The van der Waals surface area contributed by atoms with Gasteiger partial charge in [0.2, 0.25) is 6.54 Å². The zero-order chi connectivity index (χ0) is 57.9. The SMILES string of the molecule is [C-]#[N+]CCOP1(=S)OC[C@H]2C[C@@H](n3cc4c5c(ncnc53)N(C(=O)c3ccccc3)CCC4)[C@H](O[Si](C)(C)C(C)(C)C)[C@@H]2OP(O)(=S)OC[C@H]2O[C@@H](n3cnc4c(CC(=O)c5ccccc5)ncnc43)[C@H](O1)[C@@H]2O[Si](C)(C)C(C)(C)C. The standard InChI is InChI=1S/C55H71N9O11P2S2Si2/c1-54(2,3)80(8,9)74-46-40(63-29-37-23-18-25-62(49-43(37)50(63)59-33-58-49)52(66)36-21-16-13-17-22-36)27-38-30-70-77(79,68-26-24-56-7)73-48-47(75-81(10,11)55(4,5)6)42(31-69-76(67,78)72-45(38)46)71-53(48)64-34-61-44-39(57-32-60-51(44)64)28-41(65)35-19-14-12-15-20-35/h12-17,19-22,29,32-34,38,40,42,45-48,53H,18,23-28,30-31H2,1-6,8-11H3,(H,67,78)/t38-,40-,42-,45-,46+,47-,48-,53-,76?,77?/m1/s1. The number of aryl methyl sites for hydroxylation is 1. The summed E-state index contributed by atoms with van der Waals surface area (Å²) in [7, 11) is -5.43. The van der Waals surface area contributed by atoms with Gasteiger partial charge in [0.25, 0.3) is 5.91 Å². The lowest BCUT2D eigenvalue weighted by Gasteiger charge is -2.42. The summed E-state index contributed by atoms with van der Waals surface area (Å²) < 4.78 is 59.6. The van der Waals surface area contributed by atoms with Crippen LogP contribution in [-0.4, -0.2) is 131 Å². The molecule has 0 spiro atoms. The van der Waals surface area contributed by atoms with Crippen molar-refractivity contribution in [1.82, 2.24) is 34.1 Å². The number of ether oxygens (including phenoxy) is 1. The van der Waals surface area contributed by atoms with Crippen molar-refractivity contribution in [1.29, 1.82) is 0 Å². The first kappa shape index (κ1) is 59.8. The molecule has 2 aromatic carbocycles. The van der Waals surface area contributed by atoms with Crippen LogP contribution in [0.3, 0.4) is 0 Å². The van der Waals surface area contributed by atoms with Gasteiger partial charge in [0.15, 0.2) is 34.3 Å². The van der Waals surface area contributed by atoms with Crippen LogP contribution < -0.4 is 4.90 Å². The first-order chi connectivity index (χ1) is 38.3. The number of benzene rings is 2. The Labute approximate surface area is 485 Å². The number of carbonyl (C=O) groups excluding carboxylic acids is 2. The number of rotatable bonds is 13. The van der Waals surface area contributed by atoms with E-state index in [1.165, 1.54) is 12.7 Å². The van der Waals surface area contributed by atoms with E-state index in [1.807, 2.05) is 24.3 Å². The lowest BCUT2D eigenvalue weighted by atomic mass is 10.1. The highest BCUT2D eigenvalue weighted by atomic mass is 32.5. The van der Waals surface area contributed by atoms with Crippen LogP contribution in [0.15, 0.2) is 85.8 Å². The van der Waals surface area contributed by atoms with Gasteiger partial charge < -0.3 is 46.0 Å². The molecule has 0 radical (unpaired) electrons. The van der Waals surface area contributed by atoms with Gasteiger partial charge in [0.1, 0.15) is 54.6 Å². The maximum absolute atomic E-state index is 14.2. The molecular weight excluding hydrogens is 1140 g/mol. The number of hydrogen-bond donors (Lipinski definition) is 1. The summed E-state index contributed by atoms with van der Waals surface area (Å²) >= 11 is 12.5. The highest BCUT2D eigenvalue weighted by molar-refractivity contribution is 8.07. The third kappa shape index (κ3) is 12.3. The van der Waals surface area contributed by atoms with Crippen molar-refractivity contribution in [2.45, 2.75) is 146 Å². The molecule has 3 fully saturated rings. The zero-order valence-corrected chi connectivity index (χ0v) is 52.8. The number of amides is 1. The molecule has 3 aliphatic heterocycles. The summed E-state index contributed by atoms with van der Waals surface area (Å²) in [5.74, 6) is -0.359. The Hall–Kier alpha value is -4.39. The van der Waals surface area contributed by atoms with E-state index >= 15 is 0 Å². The summed E-state index contributed by atoms with van der Waals surface area (Å²) in [5, 5.41) is 0.195. The predicted octanol–water partition coefficient (Wildman–Crippen LogP) is 10.7. The number of ketones is 1. The Balaban J connectivity index is 1.06. The maximum atomic E-state index is 14.2. The zero-order valence-electron chi connectivity index (χ0n) is 47.3. The summed E-state index contributed by atoms with van der Waals surface area (Å²) in [4.78, 5) is 69.2. The number of imidazole rings is 1. The molecule has 6 aromatic rings. The molecule has 2 bridgehead atoms. The second kappa shape index (κ2) is 23.2. The van der Waals surface area contributed by atoms with Gasteiger partial charge in [-0.2, -0.15) is 0 Å². The second-order valence-electron chi connectivity index (χ2n) is 24.2. The quantitative estimate of drug-likeness (QED) is 0.0375. The van der Waals surface area contributed by atoms with Gasteiger partial charge in [-0.25, -0.2) is 31.5 Å². The molecule has 10 atom stereocenters. The Morgan fingerprint density at radius 1 is 0.815 bits per heavy atom. The third-order valence-corrected chi connectivity index (χ3v) is 29.6. The number of anilines is 1. The first-order valence-corrected chi connectivity index (χ1v) is 38.3. The fraction of sp³-hybridized carbons (Fsp3) is 0.527. The molecule has 81 heavy (non-hydrogen) atoms. The van der Waals surface area contributed by atoms with E-state index in [4.69, 9.17) is 81.3 Å². The Morgan fingerprint density at radius 3 is 2.15 bits per heavy atom. The van der Waals surface area contributed by atoms with Crippen LogP contribution in [-0.2, 0) is 72.7 Å². The Kier molecular flexibility index (Phi) is 17.1. The van der Waals surface area contributed by atoms with Crippen LogP contribution in [0.5, 0.6) is 0 Å². The molecule has 2 unspecified atom stereocenters. The van der Waals surface area contributed by atoms with E-state index in [2.05, 4.69) is 93.3 Å².